The lowest BCUT2D eigenvalue weighted by Crippen LogP contribution is -2.08. The Morgan fingerprint density at radius 1 is 1.38 bits per heavy atom. The summed E-state index contributed by atoms with van der Waals surface area (Å²) in [7, 11) is 0. The lowest BCUT2D eigenvalue weighted by molar-refractivity contribution is 1.06. The Kier molecular flexibility index (Phi) is 3.22. The number of halogens is 1. The molecule has 82 valence electrons. The largest absolute Gasteiger partial charge is 0.366 e. The Balaban J connectivity index is 2.05. The summed E-state index contributed by atoms with van der Waals surface area (Å²) < 4.78 is 0. The van der Waals surface area contributed by atoms with Gasteiger partial charge in [-0.25, -0.2) is 4.98 Å². The molecule has 2 aromatic rings. The molecule has 2 N–H and O–H groups in total. The number of anilines is 1. The third-order valence-electron chi connectivity index (χ3n) is 2.04. The molecule has 1 heterocycles. The predicted molar refractivity (Wildman–Crippen MR) is 63.6 cm³/mol. The summed E-state index contributed by atoms with van der Waals surface area (Å²) in [5.74, 6) is 0.545. The van der Waals surface area contributed by atoms with Gasteiger partial charge in [-0.05, 0) is 17.7 Å². The van der Waals surface area contributed by atoms with Gasteiger partial charge in [0.1, 0.15) is 5.82 Å². The van der Waals surface area contributed by atoms with Crippen molar-refractivity contribution in [1.82, 2.24) is 9.97 Å². The van der Waals surface area contributed by atoms with Crippen LogP contribution in [0.2, 0.25) is 5.02 Å². The van der Waals surface area contributed by atoms with Crippen LogP contribution >= 0.6 is 11.6 Å². The minimum absolute atomic E-state index is 0.177. The first-order valence-corrected chi connectivity index (χ1v) is 5.15. The first-order valence-electron chi connectivity index (χ1n) is 4.77. The molecule has 1 aromatic carbocycles. The maximum atomic E-state index is 11.0. The van der Waals surface area contributed by atoms with Gasteiger partial charge < -0.3 is 10.3 Å². The number of nitrogens with zero attached hydrogens (tertiary/aromatic N) is 1. The average Bonchev–Trinajstić information content (AvgIpc) is 2.27. The van der Waals surface area contributed by atoms with Gasteiger partial charge in [-0.3, -0.25) is 4.79 Å². The summed E-state index contributed by atoms with van der Waals surface area (Å²) in [6, 6.07) is 8.92. The van der Waals surface area contributed by atoms with Crippen LogP contribution in [0.15, 0.2) is 41.5 Å². The molecule has 4 nitrogen and oxygen atoms in total. The Bertz CT molecular complexity index is 539. The predicted octanol–water partition coefficient (Wildman–Crippen LogP) is 2.04. The molecule has 0 spiro atoms. The molecule has 1 aromatic heterocycles. The van der Waals surface area contributed by atoms with E-state index < -0.39 is 0 Å². The van der Waals surface area contributed by atoms with E-state index in [1.165, 1.54) is 12.4 Å². The zero-order valence-electron chi connectivity index (χ0n) is 8.40. The van der Waals surface area contributed by atoms with Crippen molar-refractivity contribution in [2.45, 2.75) is 6.54 Å². The number of nitrogens with one attached hydrogen (secondary N) is 2. The van der Waals surface area contributed by atoms with Crippen LogP contribution in [0.25, 0.3) is 0 Å². The highest BCUT2D eigenvalue weighted by atomic mass is 35.5. The smallest absolute Gasteiger partial charge is 0.252 e. The van der Waals surface area contributed by atoms with E-state index in [1.54, 1.807) is 0 Å². The summed E-state index contributed by atoms with van der Waals surface area (Å²) in [5, 5.41) is 3.73. The molecule has 0 saturated heterocycles. The highest BCUT2D eigenvalue weighted by Crippen LogP contribution is 2.11. The molecule has 16 heavy (non-hydrogen) atoms. The molecule has 0 amide bonds. The van der Waals surface area contributed by atoms with Gasteiger partial charge in [-0.15, -0.1) is 0 Å². The highest BCUT2D eigenvalue weighted by molar-refractivity contribution is 6.30. The summed E-state index contributed by atoms with van der Waals surface area (Å²) in [6.07, 6.45) is 1.36. The van der Waals surface area contributed by atoms with E-state index >= 15 is 0 Å². The van der Waals surface area contributed by atoms with Crippen molar-refractivity contribution in [3.8, 4) is 0 Å². The standard InChI is InChI=1S/C11H10ClN3O/c12-9-3-1-2-8(4-9)6-13-10-5-11(16)15-7-14-10/h1-5,7H,6H2,(H2,13,14,15,16). The monoisotopic (exact) mass is 235 g/mol. The summed E-state index contributed by atoms with van der Waals surface area (Å²) in [4.78, 5) is 17.4. The molecule has 2 rings (SSSR count). The van der Waals surface area contributed by atoms with Crippen molar-refractivity contribution in [2.24, 2.45) is 0 Å². The second-order valence-electron chi connectivity index (χ2n) is 3.28. The Morgan fingerprint density at radius 3 is 3.00 bits per heavy atom. The minimum atomic E-state index is -0.177. The number of aromatic nitrogens is 2. The second kappa shape index (κ2) is 4.81. The van der Waals surface area contributed by atoms with Gasteiger partial charge in [0.05, 0.1) is 6.33 Å². The van der Waals surface area contributed by atoms with Crippen LogP contribution in [0.5, 0.6) is 0 Å². The third-order valence-corrected chi connectivity index (χ3v) is 2.28. The van der Waals surface area contributed by atoms with Gasteiger partial charge in [0.15, 0.2) is 0 Å². The lowest BCUT2D eigenvalue weighted by atomic mass is 10.2. The van der Waals surface area contributed by atoms with Crippen molar-refractivity contribution >= 4 is 17.4 Å². The third kappa shape index (κ3) is 2.84. The summed E-state index contributed by atoms with van der Waals surface area (Å²) in [6.45, 7) is 0.580. The molecular weight excluding hydrogens is 226 g/mol. The average molecular weight is 236 g/mol. The Hall–Kier alpha value is -1.81. The van der Waals surface area contributed by atoms with Gasteiger partial charge in [-0.2, -0.15) is 0 Å². The van der Waals surface area contributed by atoms with Crippen LogP contribution in [0.4, 0.5) is 5.82 Å². The molecule has 0 saturated carbocycles. The molecule has 0 unspecified atom stereocenters. The number of rotatable bonds is 3. The number of benzene rings is 1. The van der Waals surface area contributed by atoms with Crippen LogP contribution in [0, 0.1) is 0 Å². The molecule has 0 aliphatic heterocycles. The van der Waals surface area contributed by atoms with Crippen LogP contribution in [-0.2, 0) is 6.54 Å². The molecule has 0 bridgehead atoms. The van der Waals surface area contributed by atoms with Crippen molar-refractivity contribution in [1.29, 1.82) is 0 Å². The van der Waals surface area contributed by atoms with Crippen LogP contribution < -0.4 is 10.9 Å². The molecule has 0 radical (unpaired) electrons. The Labute approximate surface area is 97.3 Å². The van der Waals surface area contributed by atoms with Gasteiger partial charge in [-0.1, -0.05) is 23.7 Å². The highest BCUT2D eigenvalue weighted by Gasteiger charge is 1.96. The molecule has 0 aliphatic carbocycles. The van der Waals surface area contributed by atoms with Crippen molar-refractivity contribution < 1.29 is 0 Å². The van der Waals surface area contributed by atoms with Crippen molar-refractivity contribution in [3.63, 3.8) is 0 Å². The molecule has 0 atom stereocenters. The molecule has 5 heteroatoms. The van der Waals surface area contributed by atoms with Crippen LogP contribution in [0.1, 0.15) is 5.56 Å². The molecule has 0 fully saturated rings. The number of aromatic amines is 1. The van der Waals surface area contributed by atoms with E-state index in [9.17, 15) is 4.79 Å². The Morgan fingerprint density at radius 2 is 2.25 bits per heavy atom. The van der Waals surface area contributed by atoms with E-state index in [0.717, 1.165) is 5.56 Å². The van der Waals surface area contributed by atoms with E-state index in [0.29, 0.717) is 17.4 Å². The topological polar surface area (TPSA) is 57.8 Å². The van der Waals surface area contributed by atoms with Gasteiger partial charge >= 0.3 is 0 Å². The number of hydrogen-bond donors (Lipinski definition) is 2. The van der Waals surface area contributed by atoms with Crippen molar-refractivity contribution in [3.05, 3.63) is 57.6 Å². The lowest BCUT2D eigenvalue weighted by Gasteiger charge is -2.04. The van der Waals surface area contributed by atoms with E-state index in [-0.39, 0.29) is 5.56 Å². The van der Waals surface area contributed by atoms with E-state index in [4.69, 9.17) is 11.6 Å². The maximum Gasteiger partial charge on any atom is 0.252 e. The number of hydrogen-bond acceptors (Lipinski definition) is 3. The molecule has 0 aliphatic rings. The fourth-order valence-corrected chi connectivity index (χ4v) is 1.52. The fourth-order valence-electron chi connectivity index (χ4n) is 1.30. The number of H-pyrrole nitrogens is 1. The zero-order valence-corrected chi connectivity index (χ0v) is 9.16. The first-order chi connectivity index (χ1) is 7.74. The second-order valence-corrected chi connectivity index (χ2v) is 3.72. The van der Waals surface area contributed by atoms with E-state index in [2.05, 4.69) is 15.3 Å². The summed E-state index contributed by atoms with van der Waals surface area (Å²) in [5.41, 5.74) is 0.859. The SMILES string of the molecule is O=c1cc(NCc2cccc(Cl)c2)nc[nH]1. The first kappa shape index (κ1) is 10.7. The fraction of sp³-hybridized carbons (Fsp3) is 0.0909. The quantitative estimate of drug-likeness (QED) is 0.856. The van der Waals surface area contributed by atoms with Crippen molar-refractivity contribution in [2.75, 3.05) is 5.32 Å². The molecular formula is C11H10ClN3O. The van der Waals surface area contributed by atoms with Gasteiger partial charge in [0.25, 0.3) is 5.56 Å². The zero-order chi connectivity index (χ0) is 11.4. The minimum Gasteiger partial charge on any atom is -0.366 e. The van der Waals surface area contributed by atoms with Gasteiger partial charge in [0.2, 0.25) is 0 Å². The maximum absolute atomic E-state index is 11.0. The van der Waals surface area contributed by atoms with Crippen LogP contribution in [0.3, 0.4) is 0 Å². The van der Waals surface area contributed by atoms with Gasteiger partial charge in [0, 0.05) is 17.6 Å². The normalized spacial score (nSPS) is 10.1. The van der Waals surface area contributed by atoms with E-state index in [1.807, 2.05) is 24.3 Å². The summed E-state index contributed by atoms with van der Waals surface area (Å²) >= 11 is 5.85. The van der Waals surface area contributed by atoms with Crippen LogP contribution in [-0.4, -0.2) is 9.97 Å².